The minimum absolute atomic E-state index is 0.158. The second kappa shape index (κ2) is 5.41. The molecule has 0 saturated heterocycles. The zero-order valence-corrected chi connectivity index (χ0v) is 10.1. The number of benzene rings is 2. The molecule has 0 aromatic heterocycles. The van der Waals surface area contributed by atoms with Crippen molar-refractivity contribution in [1.29, 1.82) is 0 Å². The van der Waals surface area contributed by atoms with Crippen molar-refractivity contribution in [2.24, 2.45) is 0 Å². The predicted octanol–water partition coefficient (Wildman–Crippen LogP) is 3.29. The third-order valence-electron chi connectivity index (χ3n) is 2.35. The maximum atomic E-state index is 14.0. The van der Waals surface area contributed by atoms with Gasteiger partial charge >= 0.3 is 11.4 Å². The van der Waals surface area contributed by atoms with Crippen LogP contribution in [0.5, 0.6) is 5.75 Å². The van der Waals surface area contributed by atoms with Crippen molar-refractivity contribution < 1.29 is 26.1 Å². The van der Waals surface area contributed by atoms with Crippen molar-refractivity contribution >= 4 is 11.4 Å². The van der Waals surface area contributed by atoms with Gasteiger partial charge in [-0.25, -0.2) is 13.2 Å². The summed E-state index contributed by atoms with van der Waals surface area (Å²) >= 11 is -2.91. The van der Waals surface area contributed by atoms with Crippen molar-refractivity contribution in [1.82, 2.24) is 0 Å². The zero-order chi connectivity index (χ0) is 14.0. The fourth-order valence-corrected chi connectivity index (χ4v) is 1.88. The van der Waals surface area contributed by atoms with Crippen LogP contribution in [-0.2, 0) is 11.4 Å². The first kappa shape index (κ1) is 13.6. The first-order valence-corrected chi connectivity index (χ1v) is 6.06. The van der Waals surface area contributed by atoms with Crippen molar-refractivity contribution in [3.05, 3.63) is 53.8 Å². The van der Waals surface area contributed by atoms with E-state index in [1.54, 1.807) is 18.2 Å². The van der Waals surface area contributed by atoms with E-state index in [0.29, 0.717) is 6.07 Å². The maximum Gasteiger partial charge on any atom is 0.357 e. The van der Waals surface area contributed by atoms with E-state index < -0.39 is 40.1 Å². The van der Waals surface area contributed by atoms with Crippen LogP contribution >= 0.6 is 0 Å². The van der Waals surface area contributed by atoms with Gasteiger partial charge in [-0.15, -0.1) is 0 Å². The molecule has 0 heterocycles. The van der Waals surface area contributed by atoms with Crippen molar-refractivity contribution in [3.8, 4) is 16.9 Å². The fraction of sp³-hybridized carbons (Fsp3) is 0. The molecule has 1 N–H and O–H groups in total. The summed E-state index contributed by atoms with van der Waals surface area (Å²) in [5.74, 6) is -4.98. The Bertz CT molecular complexity index is 632. The number of hydrogen-bond acceptors (Lipinski definition) is 2. The summed E-state index contributed by atoms with van der Waals surface area (Å²) in [5, 5.41) is 0. The lowest BCUT2D eigenvalue weighted by Gasteiger charge is -2.09. The maximum absolute atomic E-state index is 14.0. The van der Waals surface area contributed by atoms with Gasteiger partial charge in [-0.3, -0.25) is 4.55 Å². The lowest BCUT2D eigenvalue weighted by atomic mass is 10.0. The molecular formula is C12H7F3O3S. The predicted molar refractivity (Wildman–Crippen MR) is 63.2 cm³/mol. The molecule has 0 fully saturated rings. The van der Waals surface area contributed by atoms with Gasteiger partial charge in [0, 0.05) is 6.07 Å². The third-order valence-corrected chi connectivity index (χ3v) is 2.65. The molecule has 0 saturated carbocycles. The molecule has 0 aliphatic carbocycles. The molecule has 0 bridgehead atoms. The standard InChI is InChI=1S/C12H7F3O3S/c13-8-6-9(14)12(18-19(16)17)11(15)10(8)7-4-2-1-3-5-7/h1-6H,(H,16,17). The summed E-state index contributed by atoms with van der Waals surface area (Å²) in [5.41, 5.74) is -0.367. The Kier molecular flexibility index (Phi) is 3.87. The van der Waals surface area contributed by atoms with E-state index in [4.69, 9.17) is 4.55 Å². The summed E-state index contributed by atoms with van der Waals surface area (Å²) in [4.78, 5) is 0. The van der Waals surface area contributed by atoms with Crippen LogP contribution in [0.2, 0.25) is 0 Å². The molecule has 19 heavy (non-hydrogen) atoms. The normalized spacial score (nSPS) is 12.2. The minimum Gasteiger partial charge on any atom is -0.374 e. The van der Waals surface area contributed by atoms with E-state index in [2.05, 4.69) is 4.18 Å². The van der Waals surface area contributed by atoms with Gasteiger partial charge in [0.05, 0.1) is 5.56 Å². The molecule has 2 aromatic carbocycles. The van der Waals surface area contributed by atoms with Crippen LogP contribution in [0.15, 0.2) is 36.4 Å². The molecule has 0 radical (unpaired) electrons. The summed E-state index contributed by atoms with van der Waals surface area (Å²) in [6.45, 7) is 0. The van der Waals surface area contributed by atoms with Crippen LogP contribution in [0, 0.1) is 17.5 Å². The Labute approximate surface area is 109 Å². The van der Waals surface area contributed by atoms with Crippen LogP contribution < -0.4 is 4.18 Å². The molecule has 0 amide bonds. The Morgan fingerprint density at radius 2 is 1.68 bits per heavy atom. The molecule has 1 unspecified atom stereocenters. The SMILES string of the molecule is O=S(O)Oc1c(F)cc(F)c(-c2ccccc2)c1F. The van der Waals surface area contributed by atoms with Gasteiger partial charge in [0.25, 0.3) is 0 Å². The van der Waals surface area contributed by atoms with Crippen LogP contribution in [0.25, 0.3) is 11.1 Å². The van der Waals surface area contributed by atoms with Gasteiger partial charge < -0.3 is 4.18 Å². The van der Waals surface area contributed by atoms with E-state index in [1.165, 1.54) is 12.1 Å². The second-order valence-electron chi connectivity index (χ2n) is 3.52. The highest BCUT2D eigenvalue weighted by Crippen LogP contribution is 2.34. The number of halogens is 3. The molecular weight excluding hydrogens is 281 g/mol. The van der Waals surface area contributed by atoms with E-state index in [0.717, 1.165) is 0 Å². The van der Waals surface area contributed by atoms with Gasteiger partial charge in [0.15, 0.2) is 11.6 Å². The zero-order valence-electron chi connectivity index (χ0n) is 9.27. The largest absolute Gasteiger partial charge is 0.374 e. The van der Waals surface area contributed by atoms with E-state index >= 15 is 0 Å². The smallest absolute Gasteiger partial charge is 0.357 e. The van der Waals surface area contributed by atoms with Crippen LogP contribution in [0.1, 0.15) is 0 Å². The highest BCUT2D eigenvalue weighted by molar-refractivity contribution is 7.74. The van der Waals surface area contributed by atoms with E-state index in [-0.39, 0.29) is 5.56 Å². The van der Waals surface area contributed by atoms with Crippen LogP contribution in [0.3, 0.4) is 0 Å². The van der Waals surface area contributed by atoms with Gasteiger partial charge in [0.1, 0.15) is 5.82 Å². The molecule has 1 atom stereocenters. The molecule has 3 nitrogen and oxygen atoms in total. The highest BCUT2D eigenvalue weighted by atomic mass is 32.2. The van der Waals surface area contributed by atoms with Gasteiger partial charge in [0.2, 0.25) is 5.75 Å². The highest BCUT2D eigenvalue weighted by Gasteiger charge is 2.22. The van der Waals surface area contributed by atoms with Gasteiger partial charge in [-0.05, 0) is 5.56 Å². The summed E-state index contributed by atoms with van der Waals surface area (Å²) in [6.07, 6.45) is 0. The second-order valence-corrected chi connectivity index (χ2v) is 4.13. The summed E-state index contributed by atoms with van der Waals surface area (Å²) < 4.78 is 64.0. The topological polar surface area (TPSA) is 46.5 Å². The quantitative estimate of drug-likeness (QED) is 0.882. The van der Waals surface area contributed by atoms with Crippen molar-refractivity contribution in [3.63, 3.8) is 0 Å². The minimum atomic E-state index is -2.91. The lowest BCUT2D eigenvalue weighted by molar-refractivity contribution is 0.413. The lowest BCUT2D eigenvalue weighted by Crippen LogP contribution is -2.04. The average molecular weight is 288 g/mol. The first-order chi connectivity index (χ1) is 9.00. The fourth-order valence-electron chi connectivity index (χ4n) is 1.59. The molecule has 0 spiro atoms. The molecule has 100 valence electrons. The van der Waals surface area contributed by atoms with Crippen molar-refractivity contribution in [2.45, 2.75) is 0 Å². The Hall–Kier alpha value is -1.86. The van der Waals surface area contributed by atoms with Crippen LogP contribution in [0.4, 0.5) is 13.2 Å². The Morgan fingerprint density at radius 3 is 2.26 bits per heavy atom. The molecule has 0 aliphatic heterocycles. The average Bonchev–Trinajstić information content (AvgIpc) is 2.35. The monoisotopic (exact) mass is 288 g/mol. The number of rotatable bonds is 3. The summed E-state index contributed by atoms with van der Waals surface area (Å²) in [6, 6.07) is 7.96. The van der Waals surface area contributed by atoms with E-state index in [9.17, 15) is 17.4 Å². The van der Waals surface area contributed by atoms with Crippen LogP contribution in [-0.4, -0.2) is 8.76 Å². The molecule has 2 aromatic rings. The van der Waals surface area contributed by atoms with Gasteiger partial charge in [-0.2, -0.15) is 4.21 Å². The number of hydrogen-bond donors (Lipinski definition) is 1. The molecule has 7 heteroatoms. The first-order valence-electron chi connectivity index (χ1n) is 5.03. The Morgan fingerprint density at radius 1 is 1.05 bits per heavy atom. The van der Waals surface area contributed by atoms with E-state index in [1.807, 2.05) is 0 Å². The third kappa shape index (κ3) is 2.77. The van der Waals surface area contributed by atoms with Crippen molar-refractivity contribution in [2.75, 3.05) is 0 Å². The Balaban J connectivity index is 2.65. The molecule has 2 rings (SSSR count). The van der Waals surface area contributed by atoms with Gasteiger partial charge in [-0.1, -0.05) is 30.3 Å². The molecule has 0 aliphatic rings. The summed E-state index contributed by atoms with van der Waals surface area (Å²) in [7, 11) is 0.